The summed E-state index contributed by atoms with van der Waals surface area (Å²) in [6.45, 7) is 10.2. The van der Waals surface area contributed by atoms with E-state index in [2.05, 4.69) is 41.5 Å². The molecule has 28 heavy (non-hydrogen) atoms. The number of hydrogen-bond acceptors (Lipinski definition) is 3. The highest BCUT2D eigenvalue weighted by Gasteiger charge is 2.21. The van der Waals surface area contributed by atoms with Crippen LogP contribution in [0.5, 0.6) is 0 Å². The van der Waals surface area contributed by atoms with Crippen molar-refractivity contribution in [2.24, 2.45) is 4.99 Å². The van der Waals surface area contributed by atoms with E-state index in [-0.39, 0.29) is 5.91 Å². The third kappa shape index (κ3) is 5.71. The van der Waals surface area contributed by atoms with E-state index in [9.17, 15) is 4.79 Å². The van der Waals surface area contributed by atoms with E-state index in [1.54, 1.807) is 0 Å². The highest BCUT2D eigenvalue weighted by molar-refractivity contribution is 5.95. The minimum absolute atomic E-state index is 0.231. The summed E-state index contributed by atoms with van der Waals surface area (Å²) in [7, 11) is 0. The Morgan fingerprint density at radius 1 is 1.14 bits per heavy atom. The monoisotopic (exact) mass is 385 g/mol. The van der Waals surface area contributed by atoms with Gasteiger partial charge in [0.2, 0.25) is 5.91 Å². The fourth-order valence-corrected chi connectivity index (χ4v) is 4.00. The molecule has 1 aromatic carbocycles. The van der Waals surface area contributed by atoms with Crippen LogP contribution in [0.2, 0.25) is 0 Å². The molecule has 154 valence electrons. The molecule has 0 bridgehead atoms. The molecule has 0 atom stereocenters. The van der Waals surface area contributed by atoms with E-state index in [0.717, 1.165) is 36.7 Å². The molecular formula is C22H35N5O. The van der Waals surface area contributed by atoms with Gasteiger partial charge in [-0.1, -0.05) is 19.1 Å². The number of guanidine groups is 1. The Hall–Kier alpha value is -2.08. The van der Waals surface area contributed by atoms with Gasteiger partial charge in [-0.05, 0) is 56.8 Å². The molecule has 0 aromatic heterocycles. The molecule has 6 heteroatoms. The molecule has 0 spiro atoms. The van der Waals surface area contributed by atoms with E-state index in [1.165, 1.54) is 38.9 Å². The van der Waals surface area contributed by atoms with Crippen molar-refractivity contribution >= 4 is 17.6 Å². The van der Waals surface area contributed by atoms with Crippen molar-refractivity contribution in [3.8, 4) is 0 Å². The lowest BCUT2D eigenvalue weighted by atomic mass is 10.1. The molecule has 0 radical (unpaired) electrons. The molecular weight excluding hydrogens is 350 g/mol. The van der Waals surface area contributed by atoms with Crippen molar-refractivity contribution in [1.82, 2.24) is 15.5 Å². The van der Waals surface area contributed by atoms with Crippen molar-refractivity contribution < 1.29 is 4.79 Å². The number of aliphatic imine (C=N–C) groups is 1. The van der Waals surface area contributed by atoms with Gasteiger partial charge in [0, 0.05) is 44.3 Å². The molecule has 1 aromatic rings. The summed E-state index contributed by atoms with van der Waals surface area (Å²) in [6, 6.07) is 8.74. The highest BCUT2D eigenvalue weighted by atomic mass is 16.2. The second-order valence-electron chi connectivity index (χ2n) is 7.77. The van der Waals surface area contributed by atoms with Crippen LogP contribution in [0.3, 0.4) is 0 Å². The maximum absolute atomic E-state index is 11.9. The van der Waals surface area contributed by atoms with Gasteiger partial charge in [-0.3, -0.25) is 4.79 Å². The van der Waals surface area contributed by atoms with Gasteiger partial charge in [0.25, 0.3) is 0 Å². The summed E-state index contributed by atoms with van der Waals surface area (Å²) < 4.78 is 0. The lowest BCUT2D eigenvalue weighted by Gasteiger charge is -2.32. The highest BCUT2D eigenvalue weighted by Crippen LogP contribution is 2.21. The quantitative estimate of drug-likeness (QED) is 0.560. The molecule has 0 aliphatic carbocycles. The Morgan fingerprint density at radius 3 is 2.50 bits per heavy atom. The van der Waals surface area contributed by atoms with Crippen molar-refractivity contribution in [2.45, 2.75) is 58.5 Å². The molecule has 2 fully saturated rings. The van der Waals surface area contributed by atoms with Gasteiger partial charge in [0.1, 0.15) is 0 Å². The fourth-order valence-electron chi connectivity index (χ4n) is 4.00. The average molecular weight is 386 g/mol. The van der Waals surface area contributed by atoms with Crippen molar-refractivity contribution in [3.63, 3.8) is 0 Å². The Kier molecular flexibility index (Phi) is 7.71. The summed E-state index contributed by atoms with van der Waals surface area (Å²) >= 11 is 0. The number of benzene rings is 1. The molecule has 2 aliphatic rings. The van der Waals surface area contributed by atoms with Gasteiger partial charge >= 0.3 is 0 Å². The number of likely N-dealkylation sites (tertiary alicyclic amines) is 1. The Bertz CT molecular complexity index is 649. The molecule has 6 nitrogen and oxygen atoms in total. The smallest absolute Gasteiger partial charge is 0.227 e. The normalized spacial score (nSPS) is 19.3. The zero-order valence-corrected chi connectivity index (χ0v) is 17.4. The molecule has 2 aliphatic heterocycles. The van der Waals surface area contributed by atoms with E-state index in [4.69, 9.17) is 4.99 Å². The van der Waals surface area contributed by atoms with Crippen LogP contribution >= 0.6 is 0 Å². The van der Waals surface area contributed by atoms with Crippen molar-refractivity contribution in [1.29, 1.82) is 0 Å². The Morgan fingerprint density at radius 2 is 1.89 bits per heavy atom. The number of anilines is 1. The molecule has 3 rings (SSSR count). The maximum Gasteiger partial charge on any atom is 0.227 e. The predicted molar refractivity (Wildman–Crippen MR) is 116 cm³/mol. The molecule has 2 heterocycles. The number of piperidine rings is 1. The van der Waals surface area contributed by atoms with Crippen LogP contribution in [0, 0.1) is 0 Å². The van der Waals surface area contributed by atoms with E-state index < -0.39 is 0 Å². The predicted octanol–water partition coefficient (Wildman–Crippen LogP) is 2.74. The second-order valence-corrected chi connectivity index (χ2v) is 7.77. The van der Waals surface area contributed by atoms with Crippen LogP contribution in [0.15, 0.2) is 29.3 Å². The summed E-state index contributed by atoms with van der Waals surface area (Å²) in [6.07, 6.45) is 5.19. The lowest BCUT2D eigenvalue weighted by Crippen LogP contribution is -2.48. The number of nitrogens with zero attached hydrogens (tertiary/aromatic N) is 3. The van der Waals surface area contributed by atoms with Crippen LogP contribution in [-0.2, 0) is 11.3 Å². The summed E-state index contributed by atoms with van der Waals surface area (Å²) in [5.41, 5.74) is 2.16. The topological polar surface area (TPSA) is 60.0 Å². The SMILES string of the molecule is CCCN1CCC(NC(=NCc2ccc(N3CCCC3=O)cc2)NCC)CC1. The first-order chi connectivity index (χ1) is 13.7. The Balaban J connectivity index is 1.53. The molecule has 1 amide bonds. The zero-order chi connectivity index (χ0) is 19.8. The molecule has 0 unspecified atom stereocenters. The third-order valence-corrected chi connectivity index (χ3v) is 5.55. The van der Waals surface area contributed by atoms with Crippen LogP contribution in [0.1, 0.15) is 51.5 Å². The second kappa shape index (κ2) is 10.5. The average Bonchev–Trinajstić information content (AvgIpc) is 3.14. The van der Waals surface area contributed by atoms with Gasteiger partial charge in [0.05, 0.1) is 6.54 Å². The van der Waals surface area contributed by atoms with Crippen LogP contribution in [0.4, 0.5) is 5.69 Å². The van der Waals surface area contributed by atoms with Gasteiger partial charge in [-0.2, -0.15) is 0 Å². The number of carbonyl (C=O) groups is 1. The van der Waals surface area contributed by atoms with Crippen LogP contribution in [-0.4, -0.2) is 55.5 Å². The van der Waals surface area contributed by atoms with Gasteiger partial charge in [-0.15, -0.1) is 0 Å². The van der Waals surface area contributed by atoms with E-state index in [0.29, 0.717) is 19.0 Å². The summed E-state index contributed by atoms with van der Waals surface area (Å²) in [4.78, 5) is 21.1. The minimum atomic E-state index is 0.231. The molecule has 2 N–H and O–H groups in total. The Labute approximate surface area is 169 Å². The van der Waals surface area contributed by atoms with E-state index >= 15 is 0 Å². The third-order valence-electron chi connectivity index (χ3n) is 5.55. The standard InChI is InChI=1S/C22H35N5O/c1-3-13-26-15-11-19(12-16-26)25-22(23-4-2)24-17-18-7-9-20(10-8-18)27-14-5-6-21(27)28/h7-10,19H,3-6,11-17H2,1-2H3,(H2,23,24,25). The number of rotatable bonds is 7. The van der Waals surface area contributed by atoms with Crippen molar-refractivity contribution in [3.05, 3.63) is 29.8 Å². The lowest BCUT2D eigenvalue weighted by molar-refractivity contribution is -0.117. The first-order valence-electron chi connectivity index (χ1n) is 10.9. The van der Waals surface area contributed by atoms with Gasteiger partial charge in [-0.25, -0.2) is 4.99 Å². The maximum atomic E-state index is 11.9. The number of hydrogen-bond donors (Lipinski definition) is 2. The molecule has 0 saturated carbocycles. The summed E-state index contributed by atoms with van der Waals surface area (Å²) in [5, 5.41) is 6.98. The number of carbonyl (C=O) groups excluding carboxylic acids is 1. The zero-order valence-electron chi connectivity index (χ0n) is 17.4. The van der Waals surface area contributed by atoms with Crippen LogP contribution in [0.25, 0.3) is 0 Å². The summed E-state index contributed by atoms with van der Waals surface area (Å²) in [5.74, 6) is 1.13. The first-order valence-corrected chi connectivity index (χ1v) is 10.9. The van der Waals surface area contributed by atoms with Gasteiger partial charge < -0.3 is 20.4 Å². The minimum Gasteiger partial charge on any atom is -0.357 e. The first kappa shape index (κ1) is 20.6. The van der Waals surface area contributed by atoms with Gasteiger partial charge in [0.15, 0.2) is 5.96 Å². The number of nitrogens with one attached hydrogen (secondary N) is 2. The van der Waals surface area contributed by atoms with E-state index in [1.807, 2.05) is 17.0 Å². The number of amides is 1. The van der Waals surface area contributed by atoms with Crippen molar-refractivity contribution in [2.75, 3.05) is 37.6 Å². The largest absolute Gasteiger partial charge is 0.357 e. The van der Waals surface area contributed by atoms with Crippen LogP contribution < -0.4 is 15.5 Å². The fraction of sp³-hybridized carbons (Fsp3) is 0.636. The molecule has 2 saturated heterocycles.